The van der Waals surface area contributed by atoms with Crippen molar-refractivity contribution in [1.82, 2.24) is 0 Å². The van der Waals surface area contributed by atoms with Crippen LogP contribution in [0.15, 0.2) is 54.6 Å². The van der Waals surface area contributed by atoms with Gasteiger partial charge in [-0.05, 0) is 48.5 Å². The molecule has 0 fully saturated rings. The first kappa shape index (κ1) is 24.9. The largest absolute Gasteiger partial charge is 0.457 e. The van der Waals surface area contributed by atoms with Crippen LogP contribution in [0.4, 0.5) is 50.9 Å². The molecular weight excluding hydrogens is 483 g/mol. The lowest BCUT2D eigenvalue weighted by Crippen LogP contribution is -2.09. The molecule has 0 aliphatic rings. The molecule has 4 N–H and O–H groups in total. The molecule has 0 heterocycles. The summed E-state index contributed by atoms with van der Waals surface area (Å²) in [7, 11) is 0. The fraction of sp³-hybridized carbons (Fsp3) is 0.143. The molecule has 4 nitrogen and oxygen atoms in total. The molecule has 0 aliphatic heterocycles. The highest BCUT2D eigenvalue weighted by Gasteiger charge is 2.35. The lowest BCUT2D eigenvalue weighted by Gasteiger charge is -2.16. The Morgan fingerprint density at radius 1 is 0.471 bits per heavy atom. The van der Waals surface area contributed by atoms with Crippen LogP contribution in [0.25, 0.3) is 0 Å². The maximum atomic E-state index is 13.3. The Bertz CT molecular complexity index is 1120. The summed E-state index contributed by atoms with van der Waals surface area (Å²) >= 11 is 0. The zero-order valence-electron chi connectivity index (χ0n) is 16.6. The Labute approximate surface area is 185 Å². The van der Waals surface area contributed by atoms with Gasteiger partial charge in [0.15, 0.2) is 0 Å². The molecule has 182 valence electrons. The Balaban J connectivity index is 2.00. The van der Waals surface area contributed by atoms with E-state index < -0.39 is 69.6 Å². The van der Waals surface area contributed by atoms with Crippen molar-refractivity contribution in [3.63, 3.8) is 0 Å². The van der Waals surface area contributed by atoms with Crippen molar-refractivity contribution in [1.29, 1.82) is 0 Å². The van der Waals surface area contributed by atoms with E-state index in [2.05, 4.69) is 0 Å². The summed E-state index contributed by atoms with van der Waals surface area (Å²) in [5, 5.41) is 0. The smallest absolute Gasteiger partial charge is 0.418 e. The van der Waals surface area contributed by atoms with E-state index in [-0.39, 0.29) is 0 Å². The summed E-state index contributed by atoms with van der Waals surface area (Å²) in [6.45, 7) is 0. The monoisotopic (exact) mass is 496 g/mol. The number of nitrogen functional groups attached to an aromatic ring is 2. The maximum absolute atomic E-state index is 13.3. The molecule has 0 bridgehead atoms. The first-order chi connectivity index (χ1) is 15.5. The van der Waals surface area contributed by atoms with E-state index >= 15 is 0 Å². The van der Waals surface area contributed by atoms with E-state index in [1.54, 1.807) is 0 Å². The van der Waals surface area contributed by atoms with Crippen molar-refractivity contribution in [2.45, 2.75) is 18.5 Å². The quantitative estimate of drug-likeness (QED) is 0.290. The van der Waals surface area contributed by atoms with Gasteiger partial charge in [-0.1, -0.05) is 0 Å². The van der Waals surface area contributed by atoms with Gasteiger partial charge in [0.1, 0.15) is 23.0 Å². The van der Waals surface area contributed by atoms with Crippen molar-refractivity contribution < 1.29 is 49.0 Å². The third kappa shape index (κ3) is 5.77. The van der Waals surface area contributed by atoms with E-state index in [9.17, 15) is 39.5 Å². The van der Waals surface area contributed by atoms with Crippen LogP contribution in [-0.4, -0.2) is 0 Å². The van der Waals surface area contributed by atoms with Crippen molar-refractivity contribution in [2.24, 2.45) is 0 Å². The van der Waals surface area contributed by atoms with Crippen LogP contribution in [0.1, 0.15) is 16.7 Å². The molecule has 0 unspecified atom stereocenters. The van der Waals surface area contributed by atoms with Gasteiger partial charge in [0, 0.05) is 17.4 Å². The molecule has 3 rings (SSSR count). The number of hydrogen-bond acceptors (Lipinski definition) is 4. The number of hydrogen-bond donors (Lipinski definition) is 2. The van der Waals surface area contributed by atoms with Gasteiger partial charge in [0.25, 0.3) is 0 Å². The van der Waals surface area contributed by atoms with Crippen LogP contribution in [0.5, 0.6) is 23.0 Å². The van der Waals surface area contributed by atoms with Gasteiger partial charge >= 0.3 is 18.5 Å². The normalized spacial score (nSPS) is 12.5. The molecule has 0 atom stereocenters. The average molecular weight is 496 g/mol. The van der Waals surface area contributed by atoms with Gasteiger partial charge in [-0.3, -0.25) is 0 Å². The van der Waals surface area contributed by atoms with Gasteiger partial charge in [0.2, 0.25) is 0 Å². The highest BCUT2D eigenvalue weighted by molar-refractivity contribution is 5.54. The molecule has 0 saturated heterocycles. The minimum atomic E-state index is -4.94. The molecular formula is C21H13F9N2O2. The lowest BCUT2D eigenvalue weighted by molar-refractivity contribution is -0.138. The summed E-state index contributed by atoms with van der Waals surface area (Å²) in [6, 6.07) is 6.54. The van der Waals surface area contributed by atoms with Crippen molar-refractivity contribution in [2.75, 3.05) is 11.5 Å². The topological polar surface area (TPSA) is 70.5 Å². The summed E-state index contributed by atoms with van der Waals surface area (Å²) in [5.74, 6) is -2.15. The molecule has 0 aromatic heterocycles. The van der Waals surface area contributed by atoms with Gasteiger partial charge < -0.3 is 20.9 Å². The van der Waals surface area contributed by atoms with Crippen molar-refractivity contribution in [3.05, 3.63) is 71.3 Å². The zero-order valence-corrected chi connectivity index (χ0v) is 16.6. The van der Waals surface area contributed by atoms with Crippen LogP contribution in [0.2, 0.25) is 0 Å². The van der Waals surface area contributed by atoms with Crippen molar-refractivity contribution >= 4 is 11.4 Å². The van der Waals surface area contributed by atoms with Crippen LogP contribution < -0.4 is 20.9 Å². The molecule has 13 heteroatoms. The molecule has 0 aliphatic carbocycles. The first-order valence-electron chi connectivity index (χ1n) is 9.05. The predicted octanol–water partition coefficient (Wildman–Crippen LogP) is 7.49. The number of rotatable bonds is 4. The van der Waals surface area contributed by atoms with Crippen LogP contribution in [0, 0.1) is 0 Å². The summed E-state index contributed by atoms with van der Waals surface area (Å²) in [5.41, 5.74) is 5.45. The minimum absolute atomic E-state index is 0.487. The third-order valence-electron chi connectivity index (χ3n) is 4.34. The number of ether oxygens (including phenoxy) is 2. The molecule has 0 spiro atoms. The van der Waals surface area contributed by atoms with Crippen LogP contribution in [0.3, 0.4) is 0 Å². The molecule has 0 radical (unpaired) electrons. The Hall–Kier alpha value is -3.77. The number of anilines is 2. The van der Waals surface area contributed by atoms with E-state index in [4.69, 9.17) is 20.9 Å². The van der Waals surface area contributed by atoms with E-state index in [1.165, 1.54) is 0 Å². The number of alkyl halides is 9. The zero-order chi connectivity index (χ0) is 25.5. The Kier molecular flexibility index (Phi) is 6.24. The van der Waals surface area contributed by atoms with Gasteiger partial charge in [-0.2, -0.15) is 39.5 Å². The maximum Gasteiger partial charge on any atom is 0.418 e. The first-order valence-corrected chi connectivity index (χ1v) is 9.05. The summed E-state index contributed by atoms with van der Waals surface area (Å²) in [6.07, 6.45) is -14.6. The molecule has 34 heavy (non-hydrogen) atoms. The van der Waals surface area contributed by atoms with Crippen LogP contribution in [-0.2, 0) is 18.5 Å². The summed E-state index contributed by atoms with van der Waals surface area (Å²) in [4.78, 5) is 0. The highest BCUT2D eigenvalue weighted by atomic mass is 19.4. The molecule has 0 saturated carbocycles. The second kappa shape index (κ2) is 8.54. The highest BCUT2D eigenvalue weighted by Crippen LogP contribution is 2.41. The van der Waals surface area contributed by atoms with E-state index in [0.717, 1.165) is 30.3 Å². The number of nitrogens with two attached hydrogens (primary N) is 2. The molecule has 3 aromatic rings. The standard InChI is InChI=1S/C21H13F9N2O2/c22-19(23,24)10-5-13(33-11-1-3-17(31)15(8-11)20(25,26)27)7-14(6-10)34-12-2-4-18(32)16(9-12)21(28,29)30/h1-9H,31-32H2. The number of benzene rings is 3. The van der Waals surface area contributed by atoms with Crippen molar-refractivity contribution in [3.8, 4) is 23.0 Å². The average Bonchev–Trinajstić information content (AvgIpc) is 2.68. The Morgan fingerprint density at radius 2 is 0.853 bits per heavy atom. The Morgan fingerprint density at radius 3 is 1.18 bits per heavy atom. The minimum Gasteiger partial charge on any atom is -0.457 e. The van der Waals surface area contributed by atoms with Crippen LogP contribution >= 0.6 is 0 Å². The molecule has 3 aromatic carbocycles. The molecule has 0 amide bonds. The fourth-order valence-corrected chi connectivity index (χ4v) is 2.81. The predicted molar refractivity (Wildman–Crippen MR) is 103 cm³/mol. The third-order valence-corrected chi connectivity index (χ3v) is 4.34. The van der Waals surface area contributed by atoms with Gasteiger partial charge in [0.05, 0.1) is 16.7 Å². The lowest BCUT2D eigenvalue weighted by atomic mass is 10.1. The number of halogens is 9. The van der Waals surface area contributed by atoms with Gasteiger partial charge in [-0.25, -0.2) is 0 Å². The van der Waals surface area contributed by atoms with E-state index in [0.29, 0.717) is 24.3 Å². The fourth-order valence-electron chi connectivity index (χ4n) is 2.81. The van der Waals surface area contributed by atoms with E-state index in [1.807, 2.05) is 0 Å². The second-order valence-electron chi connectivity index (χ2n) is 6.89. The second-order valence-corrected chi connectivity index (χ2v) is 6.89. The SMILES string of the molecule is Nc1ccc(Oc2cc(Oc3ccc(N)c(C(F)(F)F)c3)cc(C(F)(F)F)c2)cc1C(F)(F)F. The summed E-state index contributed by atoms with van der Waals surface area (Å²) < 4.78 is 129. The van der Waals surface area contributed by atoms with Gasteiger partial charge in [-0.15, -0.1) is 0 Å².